The molecule has 0 bridgehead atoms. The summed E-state index contributed by atoms with van der Waals surface area (Å²) in [4.78, 5) is 22.1. The fraction of sp³-hybridized carbons (Fsp3) is 0.429. The number of carbonyl (C=O) groups is 2. The highest BCUT2D eigenvalue weighted by atomic mass is 31.1. The molecule has 0 fully saturated rings. The molecule has 0 spiro atoms. The maximum atomic E-state index is 11.1. The van der Waals surface area contributed by atoms with Crippen LogP contribution in [0.1, 0.15) is 26.7 Å². The van der Waals surface area contributed by atoms with Crippen LogP contribution in [0.5, 0.6) is 0 Å². The lowest BCUT2D eigenvalue weighted by Crippen LogP contribution is -2.09. The Balaban J connectivity index is 0.00000289. The summed E-state index contributed by atoms with van der Waals surface area (Å²) in [5.74, 6) is 0.465. The molecule has 0 heterocycles. The molecular formula is C14H19BO2P. The fourth-order valence-electron chi connectivity index (χ4n) is 1.59. The first-order valence-electron chi connectivity index (χ1n) is 5.88. The minimum absolute atomic E-state index is 0. The predicted molar refractivity (Wildman–Crippen MR) is 79.1 cm³/mol. The van der Waals surface area contributed by atoms with Gasteiger partial charge in [-0.2, -0.15) is 0 Å². The van der Waals surface area contributed by atoms with E-state index >= 15 is 0 Å². The number of benzene rings is 1. The predicted octanol–water partition coefficient (Wildman–Crippen LogP) is 2.37. The Kier molecular flexibility index (Phi) is 8.57. The van der Waals surface area contributed by atoms with Gasteiger partial charge in [0.15, 0.2) is 0 Å². The Hall–Kier alpha value is -0.945. The maximum Gasteiger partial charge on any atom is 0.130 e. The average Bonchev–Trinajstić information content (AvgIpc) is 2.29. The number of carbonyl (C=O) groups excluding carboxylic acids is 2. The third kappa shape index (κ3) is 6.71. The second-order valence-electron chi connectivity index (χ2n) is 4.23. The van der Waals surface area contributed by atoms with E-state index in [1.165, 1.54) is 5.30 Å². The maximum absolute atomic E-state index is 11.1. The molecule has 1 aromatic carbocycles. The molecule has 3 radical (unpaired) electrons. The van der Waals surface area contributed by atoms with Crippen molar-refractivity contribution >= 4 is 33.2 Å². The molecule has 0 aliphatic heterocycles. The number of ketones is 2. The Morgan fingerprint density at radius 1 is 0.944 bits per heavy atom. The zero-order valence-electron chi connectivity index (χ0n) is 11.1. The van der Waals surface area contributed by atoms with Crippen molar-refractivity contribution in [3.05, 3.63) is 30.3 Å². The standard InChI is InChI=1S/C14H19O2P.B/c1-12(15)8-10-17(11-9-13(2)16)14-6-4-3-5-7-14;/h3-7H,8-11H2,1-2H3;. The molecule has 0 saturated heterocycles. The van der Waals surface area contributed by atoms with Crippen LogP contribution in [0.3, 0.4) is 0 Å². The third-order valence-corrected chi connectivity index (χ3v) is 5.14. The van der Waals surface area contributed by atoms with Gasteiger partial charge in [-0.05, 0) is 31.5 Å². The molecule has 0 aliphatic rings. The van der Waals surface area contributed by atoms with Crippen LogP contribution in [0, 0.1) is 0 Å². The Morgan fingerprint density at radius 3 is 1.78 bits per heavy atom. The topological polar surface area (TPSA) is 34.1 Å². The molecule has 2 nitrogen and oxygen atoms in total. The zero-order valence-corrected chi connectivity index (χ0v) is 12.0. The normalized spacial score (nSPS) is 9.94. The molecule has 4 heteroatoms. The smallest absolute Gasteiger partial charge is 0.130 e. The van der Waals surface area contributed by atoms with Crippen LogP contribution in [0.2, 0.25) is 0 Å². The van der Waals surface area contributed by atoms with Crippen molar-refractivity contribution in [1.82, 2.24) is 0 Å². The van der Waals surface area contributed by atoms with Gasteiger partial charge in [-0.15, -0.1) is 0 Å². The van der Waals surface area contributed by atoms with Gasteiger partial charge in [0.05, 0.1) is 0 Å². The highest BCUT2D eigenvalue weighted by Crippen LogP contribution is 2.35. The SMILES string of the molecule is CC(=O)CCP(CCC(C)=O)c1ccccc1.[B]. The van der Waals surface area contributed by atoms with Crippen molar-refractivity contribution in [2.75, 3.05) is 12.3 Å². The highest BCUT2D eigenvalue weighted by molar-refractivity contribution is 7.65. The molecule has 0 aromatic heterocycles. The number of hydrogen-bond acceptors (Lipinski definition) is 2. The van der Waals surface area contributed by atoms with Gasteiger partial charge < -0.3 is 9.59 Å². The lowest BCUT2D eigenvalue weighted by atomic mass is 10.3. The number of Topliss-reactive ketones (excluding diaryl/α,β-unsaturated/α-hetero) is 2. The second-order valence-corrected chi connectivity index (χ2v) is 6.72. The second kappa shape index (κ2) is 9.05. The molecule has 0 amide bonds. The molecule has 0 N–H and O–H groups in total. The first kappa shape index (κ1) is 17.1. The van der Waals surface area contributed by atoms with Gasteiger partial charge in [0.2, 0.25) is 0 Å². The van der Waals surface area contributed by atoms with E-state index in [0.29, 0.717) is 12.8 Å². The Bertz CT molecular complexity index is 361. The lowest BCUT2D eigenvalue weighted by molar-refractivity contribution is -0.117. The van der Waals surface area contributed by atoms with Crippen LogP contribution in [-0.4, -0.2) is 32.3 Å². The average molecular weight is 261 g/mol. The summed E-state index contributed by atoms with van der Waals surface area (Å²) >= 11 is 0. The molecule has 0 atom stereocenters. The van der Waals surface area contributed by atoms with Gasteiger partial charge in [-0.1, -0.05) is 38.3 Å². The van der Waals surface area contributed by atoms with Crippen LogP contribution in [0.15, 0.2) is 30.3 Å². The third-order valence-electron chi connectivity index (χ3n) is 2.59. The van der Waals surface area contributed by atoms with Crippen molar-refractivity contribution in [3.63, 3.8) is 0 Å². The van der Waals surface area contributed by atoms with Gasteiger partial charge in [0.25, 0.3) is 0 Å². The van der Waals surface area contributed by atoms with E-state index in [1.807, 2.05) is 18.2 Å². The Morgan fingerprint density at radius 2 is 1.39 bits per heavy atom. The van der Waals surface area contributed by atoms with Gasteiger partial charge in [0, 0.05) is 21.3 Å². The first-order valence-corrected chi connectivity index (χ1v) is 7.59. The van der Waals surface area contributed by atoms with Gasteiger partial charge in [-0.3, -0.25) is 0 Å². The minimum atomic E-state index is -0.362. The molecule has 1 rings (SSSR count). The molecule has 95 valence electrons. The van der Waals surface area contributed by atoms with E-state index in [1.54, 1.807) is 13.8 Å². The van der Waals surface area contributed by atoms with E-state index < -0.39 is 0 Å². The summed E-state index contributed by atoms with van der Waals surface area (Å²) in [6.45, 7) is 3.26. The highest BCUT2D eigenvalue weighted by Gasteiger charge is 2.12. The van der Waals surface area contributed by atoms with Crippen LogP contribution in [-0.2, 0) is 9.59 Å². The van der Waals surface area contributed by atoms with Gasteiger partial charge in [0.1, 0.15) is 11.6 Å². The van der Waals surface area contributed by atoms with Crippen LogP contribution in [0.25, 0.3) is 0 Å². The van der Waals surface area contributed by atoms with E-state index in [0.717, 1.165) is 12.3 Å². The monoisotopic (exact) mass is 261 g/mol. The van der Waals surface area contributed by atoms with Crippen LogP contribution in [0.4, 0.5) is 0 Å². The van der Waals surface area contributed by atoms with E-state index in [4.69, 9.17) is 0 Å². The summed E-state index contributed by atoms with van der Waals surface area (Å²) in [7, 11) is -0.362. The fourth-order valence-corrected chi connectivity index (χ4v) is 4.10. The minimum Gasteiger partial charge on any atom is -0.300 e. The summed E-state index contributed by atoms with van der Waals surface area (Å²) in [5, 5.41) is 1.30. The molecule has 0 unspecified atom stereocenters. The van der Waals surface area contributed by atoms with Gasteiger partial charge in [-0.25, -0.2) is 0 Å². The molecule has 1 aromatic rings. The van der Waals surface area contributed by atoms with Crippen molar-refractivity contribution in [2.45, 2.75) is 26.7 Å². The zero-order chi connectivity index (χ0) is 12.7. The molecule has 0 saturated carbocycles. The van der Waals surface area contributed by atoms with Crippen molar-refractivity contribution in [2.24, 2.45) is 0 Å². The molecule has 0 aliphatic carbocycles. The van der Waals surface area contributed by atoms with E-state index in [9.17, 15) is 9.59 Å². The molecule has 18 heavy (non-hydrogen) atoms. The molecular weight excluding hydrogens is 242 g/mol. The number of rotatable bonds is 7. The van der Waals surface area contributed by atoms with Crippen molar-refractivity contribution < 1.29 is 9.59 Å². The lowest BCUT2D eigenvalue weighted by Gasteiger charge is -2.16. The summed E-state index contributed by atoms with van der Waals surface area (Å²) < 4.78 is 0. The van der Waals surface area contributed by atoms with Crippen LogP contribution < -0.4 is 5.30 Å². The van der Waals surface area contributed by atoms with Crippen molar-refractivity contribution in [3.8, 4) is 0 Å². The van der Waals surface area contributed by atoms with Crippen LogP contribution >= 0.6 is 7.92 Å². The summed E-state index contributed by atoms with van der Waals surface area (Å²) in [6.07, 6.45) is 3.06. The number of hydrogen-bond donors (Lipinski definition) is 0. The van der Waals surface area contributed by atoms with Gasteiger partial charge >= 0.3 is 0 Å². The first-order chi connectivity index (χ1) is 8.09. The van der Waals surface area contributed by atoms with Crippen molar-refractivity contribution in [1.29, 1.82) is 0 Å². The quantitative estimate of drug-likeness (QED) is 0.557. The van der Waals surface area contributed by atoms with E-state index in [2.05, 4.69) is 12.1 Å². The largest absolute Gasteiger partial charge is 0.300 e. The summed E-state index contributed by atoms with van der Waals surface area (Å²) in [5.41, 5.74) is 0. The Labute approximate surface area is 112 Å². The summed E-state index contributed by atoms with van der Waals surface area (Å²) in [6, 6.07) is 10.2. The van der Waals surface area contributed by atoms with E-state index in [-0.39, 0.29) is 27.9 Å².